The van der Waals surface area contributed by atoms with Crippen molar-refractivity contribution in [2.24, 2.45) is 0 Å². The Morgan fingerprint density at radius 2 is 1.17 bits per heavy atom. The Hall–Kier alpha value is -1.02. The smallest absolute Gasteiger partial charge is 0.119 e. The molecule has 1 N–H and O–H groups in total. The minimum atomic E-state index is 0.217. The summed E-state index contributed by atoms with van der Waals surface area (Å²) >= 11 is 0. The molecule has 29 heavy (non-hydrogen) atoms. The Morgan fingerprint density at radius 1 is 0.690 bits per heavy atom. The first-order valence-corrected chi connectivity index (χ1v) is 12.7. The molecule has 1 unspecified atom stereocenters. The van der Waals surface area contributed by atoms with Gasteiger partial charge in [-0.05, 0) is 44.0 Å². The maximum atomic E-state index is 5.98. The summed E-state index contributed by atoms with van der Waals surface area (Å²) in [5.74, 6) is 0.980. The lowest BCUT2D eigenvalue weighted by molar-refractivity contribution is 0.217. The Labute approximate surface area is 182 Å². The van der Waals surface area contributed by atoms with Crippen molar-refractivity contribution in [2.75, 3.05) is 13.1 Å². The zero-order valence-electron chi connectivity index (χ0n) is 19.8. The summed E-state index contributed by atoms with van der Waals surface area (Å²) in [6, 6.07) is 8.49. The molecule has 2 nitrogen and oxygen atoms in total. The van der Waals surface area contributed by atoms with Gasteiger partial charge < -0.3 is 10.1 Å². The molecule has 0 fully saturated rings. The second kappa shape index (κ2) is 19.0. The fourth-order valence-electron chi connectivity index (χ4n) is 3.83. The number of aryl methyl sites for hydroxylation is 1. The molecule has 1 atom stereocenters. The minimum absolute atomic E-state index is 0.217. The highest BCUT2D eigenvalue weighted by Crippen LogP contribution is 2.14. The molecule has 0 bridgehead atoms. The van der Waals surface area contributed by atoms with Gasteiger partial charge in [0, 0.05) is 6.54 Å². The molecule has 0 aliphatic rings. The van der Waals surface area contributed by atoms with E-state index in [1.54, 1.807) is 0 Å². The lowest BCUT2D eigenvalue weighted by Gasteiger charge is -2.15. The second-order valence-corrected chi connectivity index (χ2v) is 8.73. The van der Waals surface area contributed by atoms with Gasteiger partial charge in [0.05, 0.1) is 0 Å². The average molecular weight is 404 g/mol. The quantitative estimate of drug-likeness (QED) is 0.222. The van der Waals surface area contributed by atoms with Crippen LogP contribution in [-0.2, 0) is 6.42 Å². The maximum Gasteiger partial charge on any atom is 0.119 e. The summed E-state index contributed by atoms with van der Waals surface area (Å²) in [6.45, 7) is 8.65. The van der Waals surface area contributed by atoms with Crippen LogP contribution < -0.4 is 10.1 Å². The molecular weight excluding hydrogens is 354 g/mol. The highest BCUT2D eigenvalue weighted by atomic mass is 16.5. The van der Waals surface area contributed by atoms with Gasteiger partial charge in [-0.1, -0.05) is 109 Å². The minimum Gasteiger partial charge on any atom is -0.489 e. The van der Waals surface area contributed by atoms with Gasteiger partial charge in [-0.2, -0.15) is 0 Å². The largest absolute Gasteiger partial charge is 0.489 e. The summed E-state index contributed by atoms with van der Waals surface area (Å²) in [5, 5.41) is 3.55. The highest BCUT2D eigenvalue weighted by molar-refractivity contribution is 5.27. The summed E-state index contributed by atoms with van der Waals surface area (Å²) in [4.78, 5) is 0. The number of ether oxygens (including phenoxy) is 1. The van der Waals surface area contributed by atoms with E-state index in [0.717, 1.165) is 25.3 Å². The van der Waals surface area contributed by atoms with E-state index in [4.69, 9.17) is 4.74 Å². The van der Waals surface area contributed by atoms with E-state index in [0.29, 0.717) is 0 Å². The SMILES string of the molecule is CCCCCCCCCCCCCCCCNCC(C)Oc1ccc(CC)cc1. The third-order valence-electron chi connectivity index (χ3n) is 5.81. The van der Waals surface area contributed by atoms with E-state index >= 15 is 0 Å². The molecule has 0 aliphatic heterocycles. The molecule has 1 aromatic carbocycles. The molecule has 0 heterocycles. The molecule has 1 rings (SSSR count). The summed E-state index contributed by atoms with van der Waals surface area (Å²) in [7, 11) is 0. The molecular formula is C27H49NO. The van der Waals surface area contributed by atoms with Crippen LogP contribution in [0.1, 0.15) is 116 Å². The van der Waals surface area contributed by atoms with Gasteiger partial charge in [0.25, 0.3) is 0 Å². The zero-order valence-corrected chi connectivity index (χ0v) is 19.8. The van der Waals surface area contributed by atoms with Gasteiger partial charge in [0.1, 0.15) is 11.9 Å². The molecule has 0 saturated heterocycles. The first kappa shape index (κ1) is 26.0. The predicted octanol–water partition coefficient (Wildman–Crippen LogP) is 8.09. The second-order valence-electron chi connectivity index (χ2n) is 8.73. The summed E-state index contributed by atoms with van der Waals surface area (Å²) < 4.78 is 5.98. The third-order valence-corrected chi connectivity index (χ3v) is 5.81. The van der Waals surface area contributed by atoms with E-state index in [1.807, 2.05) is 0 Å². The molecule has 0 aliphatic carbocycles. The van der Waals surface area contributed by atoms with Gasteiger partial charge in [-0.3, -0.25) is 0 Å². The normalized spacial score (nSPS) is 12.2. The highest BCUT2D eigenvalue weighted by Gasteiger charge is 2.03. The van der Waals surface area contributed by atoms with Crippen molar-refractivity contribution in [2.45, 2.75) is 123 Å². The van der Waals surface area contributed by atoms with Gasteiger partial charge in [-0.25, -0.2) is 0 Å². The topological polar surface area (TPSA) is 21.3 Å². The van der Waals surface area contributed by atoms with Crippen LogP contribution in [0, 0.1) is 0 Å². The van der Waals surface area contributed by atoms with E-state index in [9.17, 15) is 0 Å². The van der Waals surface area contributed by atoms with Crippen LogP contribution >= 0.6 is 0 Å². The Kier molecular flexibility index (Phi) is 17.0. The first-order chi connectivity index (χ1) is 14.3. The van der Waals surface area contributed by atoms with E-state index in [1.165, 1.54) is 95.5 Å². The fraction of sp³-hybridized carbons (Fsp3) is 0.778. The predicted molar refractivity (Wildman–Crippen MR) is 129 cm³/mol. The standard InChI is InChI=1S/C27H49NO/c1-4-6-7-8-9-10-11-12-13-14-15-16-17-18-23-28-24-25(3)29-27-21-19-26(5-2)20-22-27/h19-22,25,28H,4-18,23-24H2,1-3H3. The Bertz CT molecular complexity index is 456. The Balaban J connectivity index is 1.81. The van der Waals surface area contributed by atoms with Gasteiger partial charge >= 0.3 is 0 Å². The Morgan fingerprint density at radius 3 is 1.66 bits per heavy atom. The summed E-state index contributed by atoms with van der Waals surface area (Å²) in [5.41, 5.74) is 1.36. The lowest BCUT2D eigenvalue weighted by Crippen LogP contribution is -2.29. The van der Waals surface area contributed by atoms with Crippen molar-refractivity contribution in [3.8, 4) is 5.75 Å². The van der Waals surface area contributed by atoms with Gasteiger partial charge in [0.15, 0.2) is 0 Å². The van der Waals surface area contributed by atoms with Crippen molar-refractivity contribution in [1.29, 1.82) is 0 Å². The van der Waals surface area contributed by atoms with Gasteiger partial charge in [-0.15, -0.1) is 0 Å². The molecule has 168 valence electrons. The third kappa shape index (κ3) is 15.5. The van der Waals surface area contributed by atoms with Crippen LogP contribution in [0.15, 0.2) is 24.3 Å². The van der Waals surface area contributed by atoms with Crippen LogP contribution in [0.5, 0.6) is 5.75 Å². The number of benzene rings is 1. The lowest BCUT2D eigenvalue weighted by atomic mass is 10.0. The fourth-order valence-corrected chi connectivity index (χ4v) is 3.83. The van der Waals surface area contributed by atoms with Crippen molar-refractivity contribution in [3.05, 3.63) is 29.8 Å². The number of unbranched alkanes of at least 4 members (excludes halogenated alkanes) is 13. The van der Waals surface area contributed by atoms with Crippen LogP contribution in [-0.4, -0.2) is 19.2 Å². The van der Waals surface area contributed by atoms with Crippen LogP contribution in [0.4, 0.5) is 0 Å². The van der Waals surface area contributed by atoms with Crippen molar-refractivity contribution in [1.82, 2.24) is 5.32 Å². The number of rotatable bonds is 20. The van der Waals surface area contributed by atoms with Crippen LogP contribution in [0.25, 0.3) is 0 Å². The van der Waals surface area contributed by atoms with Crippen molar-refractivity contribution in [3.63, 3.8) is 0 Å². The van der Waals surface area contributed by atoms with Crippen molar-refractivity contribution >= 4 is 0 Å². The number of hydrogen-bond acceptors (Lipinski definition) is 2. The first-order valence-electron chi connectivity index (χ1n) is 12.7. The summed E-state index contributed by atoms with van der Waals surface area (Å²) in [6.07, 6.45) is 21.2. The van der Waals surface area contributed by atoms with E-state index in [-0.39, 0.29) is 6.10 Å². The van der Waals surface area contributed by atoms with Crippen LogP contribution in [0.3, 0.4) is 0 Å². The average Bonchev–Trinajstić information content (AvgIpc) is 2.74. The molecule has 1 aromatic rings. The number of nitrogens with one attached hydrogen (secondary N) is 1. The zero-order chi connectivity index (χ0) is 21.0. The van der Waals surface area contributed by atoms with E-state index < -0.39 is 0 Å². The van der Waals surface area contributed by atoms with Crippen molar-refractivity contribution < 1.29 is 4.74 Å². The molecule has 0 saturated carbocycles. The van der Waals surface area contributed by atoms with Crippen LogP contribution in [0.2, 0.25) is 0 Å². The number of hydrogen-bond donors (Lipinski definition) is 1. The molecule has 0 aromatic heterocycles. The molecule has 0 radical (unpaired) electrons. The monoisotopic (exact) mass is 403 g/mol. The molecule has 0 spiro atoms. The van der Waals surface area contributed by atoms with E-state index in [2.05, 4.69) is 50.4 Å². The maximum absolute atomic E-state index is 5.98. The van der Waals surface area contributed by atoms with Gasteiger partial charge in [0.2, 0.25) is 0 Å². The molecule has 0 amide bonds. The molecule has 2 heteroatoms.